The zero-order valence-corrected chi connectivity index (χ0v) is 11.3. The van der Waals surface area contributed by atoms with Gasteiger partial charge in [0.1, 0.15) is 0 Å². The highest BCUT2D eigenvalue weighted by Crippen LogP contribution is 2.29. The van der Waals surface area contributed by atoms with Gasteiger partial charge in [0.15, 0.2) is 0 Å². The second-order valence-corrected chi connectivity index (χ2v) is 5.47. The lowest BCUT2D eigenvalue weighted by Crippen LogP contribution is -2.55. The molecule has 1 N–H and O–H groups in total. The summed E-state index contributed by atoms with van der Waals surface area (Å²) in [5.74, 6) is 0. The molecule has 2 fully saturated rings. The third-order valence-electron chi connectivity index (χ3n) is 4.28. The molecule has 0 amide bonds. The number of anilines is 2. The van der Waals surface area contributed by atoms with Crippen LogP contribution >= 0.6 is 0 Å². The molecule has 2 aliphatic rings. The highest BCUT2D eigenvalue weighted by atomic mass is 15.3. The molecule has 2 aliphatic heterocycles. The van der Waals surface area contributed by atoms with Gasteiger partial charge in [-0.25, -0.2) is 0 Å². The summed E-state index contributed by atoms with van der Waals surface area (Å²) in [6.45, 7) is 5.95. The summed E-state index contributed by atoms with van der Waals surface area (Å²) in [5, 5.41) is 3.17. The number of nitrogens with zero attached hydrogens (tertiary/aromatic N) is 3. The van der Waals surface area contributed by atoms with Gasteiger partial charge in [-0.1, -0.05) is 0 Å². The maximum Gasteiger partial charge on any atom is 0.0576 e. The van der Waals surface area contributed by atoms with Gasteiger partial charge in [0, 0.05) is 32.2 Å². The molecule has 98 valence electrons. The van der Waals surface area contributed by atoms with E-state index >= 15 is 0 Å². The van der Waals surface area contributed by atoms with Crippen molar-refractivity contribution in [3.63, 3.8) is 0 Å². The Labute approximate surface area is 109 Å². The molecule has 3 rings (SSSR count). The molecule has 2 unspecified atom stereocenters. The SMILES string of the molecule is CNc1cncc(N2CC3CCCN3CC2C)c1. The Morgan fingerprint density at radius 2 is 2.22 bits per heavy atom. The molecule has 0 bridgehead atoms. The fourth-order valence-corrected chi connectivity index (χ4v) is 3.27. The van der Waals surface area contributed by atoms with E-state index in [1.807, 2.05) is 19.4 Å². The number of rotatable bonds is 2. The maximum atomic E-state index is 4.33. The monoisotopic (exact) mass is 246 g/mol. The summed E-state index contributed by atoms with van der Waals surface area (Å²) in [6.07, 6.45) is 6.57. The molecule has 1 aromatic heterocycles. The molecule has 2 saturated heterocycles. The summed E-state index contributed by atoms with van der Waals surface area (Å²) in [6, 6.07) is 3.53. The minimum atomic E-state index is 0.577. The molecule has 0 saturated carbocycles. The van der Waals surface area contributed by atoms with Crippen LogP contribution in [0.5, 0.6) is 0 Å². The lowest BCUT2D eigenvalue weighted by atomic mass is 10.1. The number of fused-ring (bicyclic) bond motifs is 1. The van der Waals surface area contributed by atoms with E-state index in [9.17, 15) is 0 Å². The van der Waals surface area contributed by atoms with Crippen LogP contribution in [0.15, 0.2) is 18.5 Å². The molecule has 18 heavy (non-hydrogen) atoms. The zero-order valence-electron chi connectivity index (χ0n) is 11.3. The van der Waals surface area contributed by atoms with Crippen molar-refractivity contribution in [2.24, 2.45) is 0 Å². The Bertz CT molecular complexity index is 420. The van der Waals surface area contributed by atoms with E-state index in [4.69, 9.17) is 0 Å². The zero-order chi connectivity index (χ0) is 12.5. The van der Waals surface area contributed by atoms with Crippen LogP contribution in [0.1, 0.15) is 19.8 Å². The standard InChI is InChI=1S/C14H22N4/c1-11-9-17-5-3-4-13(17)10-18(11)14-6-12(15-2)7-16-8-14/h6-8,11,13,15H,3-5,9-10H2,1-2H3. The first kappa shape index (κ1) is 11.8. The average Bonchev–Trinajstić information content (AvgIpc) is 2.85. The highest BCUT2D eigenvalue weighted by molar-refractivity contribution is 5.56. The molecule has 2 atom stereocenters. The summed E-state index contributed by atoms with van der Waals surface area (Å²) in [4.78, 5) is 9.50. The van der Waals surface area contributed by atoms with E-state index in [1.165, 1.54) is 31.6 Å². The third-order valence-corrected chi connectivity index (χ3v) is 4.28. The molecule has 3 heterocycles. The molecule has 1 aromatic rings. The normalized spacial score (nSPS) is 28.2. The number of hydrogen-bond donors (Lipinski definition) is 1. The second-order valence-electron chi connectivity index (χ2n) is 5.47. The molecule has 0 aliphatic carbocycles. The predicted molar refractivity (Wildman–Crippen MR) is 75.2 cm³/mol. The van der Waals surface area contributed by atoms with E-state index in [0.29, 0.717) is 6.04 Å². The Morgan fingerprint density at radius 1 is 1.33 bits per heavy atom. The van der Waals surface area contributed by atoms with Gasteiger partial charge in [0.2, 0.25) is 0 Å². The van der Waals surface area contributed by atoms with Crippen molar-refractivity contribution in [2.45, 2.75) is 31.8 Å². The van der Waals surface area contributed by atoms with Gasteiger partial charge in [0.25, 0.3) is 0 Å². The fraction of sp³-hybridized carbons (Fsp3) is 0.643. The van der Waals surface area contributed by atoms with Crippen LogP contribution in [0.25, 0.3) is 0 Å². The van der Waals surface area contributed by atoms with Crippen LogP contribution in [0, 0.1) is 0 Å². The number of hydrogen-bond acceptors (Lipinski definition) is 4. The van der Waals surface area contributed by atoms with Crippen molar-refractivity contribution in [1.82, 2.24) is 9.88 Å². The first-order chi connectivity index (χ1) is 8.78. The van der Waals surface area contributed by atoms with Crippen LogP contribution in [-0.4, -0.2) is 48.6 Å². The number of nitrogens with one attached hydrogen (secondary N) is 1. The Kier molecular flexibility index (Phi) is 3.12. The highest BCUT2D eigenvalue weighted by Gasteiger charge is 2.34. The first-order valence-corrected chi connectivity index (χ1v) is 6.91. The lowest BCUT2D eigenvalue weighted by molar-refractivity contribution is 0.203. The van der Waals surface area contributed by atoms with Crippen molar-refractivity contribution in [2.75, 3.05) is 36.9 Å². The quantitative estimate of drug-likeness (QED) is 0.862. The summed E-state index contributed by atoms with van der Waals surface area (Å²) >= 11 is 0. The van der Waals surface area contributed by atoms with Gasteiger partial charge in [-0.05, 0) is 32.4 Å². The first-order valence-electron chi connectivity index (χ1n) is 6.91. The molecule has 0 radical (unpaired) electrons. The lowest BCUT2D eigenvalue weighted by Gasteiger charge is -2.43. The molecular weight excluding hydrogens is 224 g/mol. The fourth-order valence-electron chi connectivity index (χ4n) is 3.27. The van der Waals surface area contributed by atoms with E-state index in [1.54, 1.807) is 0 Å². The van der Waals surface area contributed by atoms with Gasteiger partial charge >= 0.3 is 0 Å². The van der Waals surface area contributed by atoms with Crippen LogP contribution in [0.2, 0.25) is 0 Å². The molecule has 0 aromatic carbocycles. The Morgan fingerprint density at radius 3 is 3.06 bits per heavy atom. The molecular formula is C14H22N4. The van der Waals surface area contributed by atoms with Crippen LogP contribution in [0.3, 0.4) is 0 Å². The molecule has 0 spiro atoms. The summed E-state index contributed by atoms with van der Waals surface area (Å²) < 4.78 is 0. The van der Waals surface area contributed by atoms with E-state index in [0.717, 1.165) is 18.3 Å². The Hall–Kier alpha value is -1.29. The van der Waals surface area contributed by atoms with Gasteiger partial charge in [-0.3, -0.25) is 9.88 Å². The summed E-state index contributed by atoms with van der Waals surface area (Å²) in [5.41, 5.74) is 2.34. The van der Waals surface area contributed by atoms with Gasteiger partial charge in [-0.2, -0.15) is 0 Å². The average molecular weight is 246 g/mol. The molecule has 4 heteroatoms. The largest absolute Gasteiger partial charge is 0.387 e. The van der Waals surface area contributed by atoms with Crippen LogP contribution in [-0.2, 0) is 0 Å². The van der Waals surface area contributed by atoms with E-state index < -0.39 is 0 Å². The minimum absolute atomic E-state index is 0.577. The van der Waals surface area contributed by atoms with Crippen molar-refractivity contribution in [3.8, 4) is 0 Å². The Balaban J connectivity index is 1.81. The van der Waals surface area contributed by atoms with Crippen molar-refractivity contribution >= 4 is 11.4 Å². The van der Waals surface area contributed by atoms with Gasteiger partial charge in [0.05, 0.1) is 23.8 Å². The number of piperazine rings is 1. The van der Waals surface area contributed by atoms with Crippen molar-refractivity contribution in [1.29, 1.82) is 0 Å². The van der Waals surface area contributed by atoms with E-state index in [2.05, 4.69) is 33.1 Å². The second kappa shape index (κ2) is 4.76. The van der Waals surface area contributed by atoms with Crippen LogP contribution in [0.4, 0.5) is 11.4 Å². The van der Waals surface area contributed by atoms with Crippen LogP contribution < -0.4 is 10.2 Å². The van der Waals surface area contributed by atoms with Gasteiger partial charge < -0.3 is 10.2 Å². The molecule has 4 nitrogen and oxygen atoms in total. The number of pyridine rings is 1. The topological polar surface area (TPSA) is 31.4 Å². The maximum absolute atomic E-state index is 4.33. The third kappa shape index (κ3) is 2.05. The number of aromatic nitrogens is 1. The predicted octanol–water partition coefficient (Wildman–Crippen LogP) is 1.80. The van der Waals surface area contributed by atoms with Crippen molar-refractivity contribution in [3.05, 3.63) is 18.5 Å². The minimum Gasteiger partial charge on any atom is -0.387 e. The smallest absolute Gasteiger partial charge is 0.0576 e. The van der Waals surface area contributed by atoms with Crippen molar-refractivity contribution < 1.29 is 0 Å². The summed E-state index contributed by atoms with van der Waals surface area (Å²) in [7, 11) is 1.94. The van der Waals surface area contributed by atoms with E-state index in [-0.39, 0.29) is 0 Å². The van der Waals surface area contributed by atoms with Gasteiger partial charge in [-0.15, -0.1) is 0 Å².